The Balaban J connectivity index is 1.65. The lowest BCUT2D eigenvalue weighted by Gasteiger charge is -2.14. The van der Waals surface area contributed by atoms with E-state index in [4.69, 9.17) is 11.6 Å². The molecule has 0 spiro atoms. The van der Waals surface area contributed by atoms with Gasteiger partial charge in [0.2, 0.25) is 0 Å². The number of benzene rings is 2. The van der Waals surface area contributed by atoms with Gasteiger partial charge in [0.25, 0.3) is 0 Å². The van der Waals surface area contributed by atoms with Gasteiger partial charge in [-0.2, -0.15) is 0 Å². The van der Waals surface area contributed by atoms with E-state index < -0.39 is 12.1 Å². The summed E-state index contributed by atoms with van der Waals surface area (Å²) in [4.78, 5) is 22.2. The van der Waals surface area contributed by atoms with Crippen molar-refractivity contribution < 1.29 is 9.90 Å². The molecule has 0 saturated carbocycles. The molecule has 1 amide bonds. The third-order valence-corrected chi connectivity index (χ3v) is 4.68. The number of imidazole rings is 1. The fraction of sp³-hybridized carbons (Fsp3) is 0.100. The number of amides is 1. The maximum absolute atomic E-state index is 11.3. The zero-order chi connectivity index (χ0) is 18.8. The summed E-state index contributed by atoms with van der Waals surface area (Å²) in [5.74, 6) is 0.569. The number of H-pyrrole nitrogens is 2. The quantitative estimate of drug-likeness (QED) is 0.402. The van der Waals surface area contributed by atoms with Crippen LogP contribution in [-0.2, 0) is 6.42 Å². The van der Waals surface area contributed by atoms with Crippen LogP contribution in [0.25, 0.3) is 22.2 Å². The average Bonchev–Trinajstić information content (AvgIpc) is 3.29. The number of nitrogens with one attached hydrogen (secondary N) is 3. The predicted octanol–water partition coefficient (Wildman–Crippen LogP) is 4.76. The molecule has 0 aliphatic carbocycles. The van der Waals surface area contributed by atoms with Crippen molar-refractivity contribution in [2.45, 2.75) is 12.5 Å². The first-order valence-electron chi connectivity index (χ1n) is 8.46. The molecule has 0 fully saturated rings. The monoisotopic (exact) mass is 380 g/mol. The van der Waals surface area contributed by atoms with E-state index in [2.05, 4.69) is 20.3 Å². The van der Waals surface area contributed by atoms with Crippen molar-refractivity contribution in [3.05, 3.63) is 77.3 Å². The Hall–Kier alpha value is -3.25. The highest BCUT2D eigenvalue weighted by atomic mass is 35.5. The van der Waals surface area contributed by atoms with E-state index in [9.17, 15) is 9.90 Å². The molecule has 0 radical (unpaired) electrons. The van der Waals surface area contributed by atoms with Gasteiger partial charge in [0.1, 0.15) is 5.82 Å². The van der Waals surface area contributed by atoms with E-state index in [1.807, 2.05) is 54.7 Å². The van der Waals surface area contributed by atoms with Crippen molar-refractivity contribution in [2.24, 2.45) is 0 Å². The second kappa shape index (κ2) is 7.17. The summed E-state index contributed by atoms with van der Waals surface area (Å²) in [5, 5.41) is 13.5. The maximum atomic E-state index is 11.3. The third kappa shape index (κ3) is 3.66. The summed E-state index contributed by atoms with van der Waals surface area (Å²) in [6.07, 6.45) is 3.02. The third-order valence-electron chi connectivity index (χ3n) is 4.45. The lowest BCUT2D eigenvalue weighted by Crippen LogP contribution is -2.29. The number of halogens is 1. The molecule has 4 N–H and O–H groups in total. The highest BCUT2D eigenvalue weighted by molar-refractivity contribution is 6.31. The van der Waals surface area contributed by atoms with Crippen LogP contribution in [0.2, 0.25) is 5.02 Å². The van der Waals surface area contributed by atoms with Crippen LogP contribution in [0.5, 0.6) is 0 Å². The maximum Gasteiger partial charge on any atom is 0.405 e. The summed E-state index contributed by atoms with van der Waals surface area (Å²) in [7, 11) is 0. The second-order valence-corrected chi connectivity index (χ2v) is 6.68. The molecule has 0 unspecified atom stereocenters. The minimum absolute atomic E-state index is 0.454. The van der Waals surface area contributed by atoms with E-state index in [0.29, 0.717) is 17.3 Å². The molecule has 2 aromatic heterocycles. The van der Waals surface area contributed by atoms with Crippen LogP contribution < -0.4 is 5.32 Å². The standard InChI is InChI=1S/C20H17ClN4O2/c21-14-6-7-15-13(10-22-16(15)9-14)8-17(25-20(26)27)19-23-11-18(24-19)12-4-2-1-3-5-12/h1-7,9-11,17,22,25H,8H2,(H,23,24)(H,26,27)/t17-/m1/s1. The van der Waals surface area contributed by atoms with Gasteiger partial charge < -0.3 is 20.4 Å². The number of aromatic amines is 2. The lowest BCUT2D eigenvalue weighted by molar-refractivity contribution is 0.189. The molecule has 6 nitrogen and oxygen atoms in total. The number of hydrogen-bond acceptors (Lipinski definition) is 2. The topological polar surface area (TPSA) is 93.8 Å². The summed E-state index contributed by atoms with van der Waals surface area (Å²) >= 11 is 6.03. The molecule has 0 aliphatic heterocycles. The second-order valence-electron chi connectivity index (χ2n) is 6.25. The molecule has 4 rings (SSSR count). The van der Waals surface area contributed by atoms with Gasteiger partial charge in [-0.3, -0.25) is 0 Å². The van der Waals surface area contributed by atoms with E-state index in [1.54, 1.807) is 6.20 Å². The summed E-state index contributed by atoms with van der Waals surface area (Å²) in [6.45, 7) is 0. The summed E-state index contributed by atoms with van der Waals surface area (Å²) in [5.41, 5.74) is 3.64. The van der Waals surface area contributed by atoms with Crippen molar-refractivity contribution in [3.63, 3.8) is 0 Å². The zero-order valence-corrected chi connectivity index (χ0v) is 15.0. The fourth-order valence-corrected chi connectivity index (χ4v) is 3.36. The molecular weight excluding hydrogens is 364 g/mol. The Morgan fingerprint density at radius 1 is 1.15 bits per heavy atom. The van der Waals surface area contributed by atoms with Gasteiger partial charge in [-0.25, -0.2) is 9.78 Å². The van der Waals surface area contributed by atoms with Gasteiger partial charge in [0, 0.05) is 40.3 Å². The van der Waals surface area contributed by atoms with Crippen LogP contribution in [0.15, 0.2) is 60.9 Å². The van der Waals surface area contributed by atoms with Gasteiger partial charge in [-0.05, 0) is 17.7 Å². The minimum Gasteiger partial charge on any atom is -0.465 e. The molecular formula is C20H17ClN4O2. The van der Waals surface area contributed by atoms with Gasteiger partial charge in [-0.1, -0.05) is 48.0 Å². The highest BCUT2D eigenvalue weighted by Gasteiger charge is 2.20. The van der Waals surface area contributed by atoms with Crippen LogP contribution in [0.3, 0.4) is 0 Å². The number of fused-ring (bicyclic) bond motifs is 1. The van der Waals surface area contributed by atoms with Gasteiger partial charge in [-0.15, -0.1) is 0 Å². The number of hydrogen-bond donors (Lipinski definition) is 4. The molecule has 7 heteroatoms. The number of carboxylic acid groups (broad SMARTS) is 1. The molecule has 4 aromatic rings. The van der Waals surface area contributed by atoms with Gasteiger partial charge in [0.05, 0.1) is 11.7 Å². The lowest BCUT2D eigenvalue weighted by atomic mass is 10.0. The Labute approximate surface area is 160 Å². The first-order valence-corrected chi connectivity index (χ1v) is 8.83. The van der Waals surface area contributed by atoms with Crippen LogP contribution in [0.4, 0.5) is 4.79 Å². The molecule has 27 heavy (non-hydrogen) atoms. The Bertz CT molecular complexity index is 1090. The van der Waals surface area contributed by atoms with Crippen LogP contribution in [-0.4, -0.2) is 26.2 Å². The van der Waals surface area contributed by atoms with Crippen LogP contribution in [0.1, 0.15) is 17.4 Å². The SMILES string of the molecule is O=C(O)N[C@H](Cc1c[nH]c2cc(Cl)ccc12)c1nc(-c2ccccc2)c[nH]1. The number of aromatic nitrogens is 3. The molecule has 0 aliphatic rings. The van der Waals surface area contributed by atoms with E-state index >= 15 is 0 Å². The smallest absolute Gasteiger partial charge is 0.405 e. The van der Waals surface area contributed by atoms with Crippen molar-refractivity contribution in [1.82, 2.24) is 20.3 Å². The van der Waals surface area contributed by atoms with E-state index in [-0.39, 0.29) is 0 Å². The largest absolute Gasteiger partial charge is 0.465 e. The first kappa shape index (κ1) is 17.2. The molecule has 0 saturated heterocycles. The fourth-order valence-electron chi connectivity index (χ4n) is 3.18. The van der Waals surface area contributed by atoms with Gasteiger partial charge in [0.15, 0.2) is 0 Å². The molecule has 136 valence electrons. The molecule has 1 atom stereocenters. The summed E-state index contributed by atoms with van der Waals surface area (Å²) in [6, 6.07) is 14.8. The molecule has 0 bridgehead atoms. The zero-order valence-electron chi connectivity index (χ0n) is 14.2. The van der Waals surface area contributed by atoms with Crippen molar-refractivity contribution in [3.8, 4) is 11.3 Å². The van der Waals surface area contributed by atoms with E-state index in [0.717, 1.165) is 27.7 Å². The number of nitrogens with zero attached hydrogens (tertiary/aromatic N) is 1. The van der Waals surface area contributed by atoms with Crippen molar-refractivity contribution in [2.75, 3.05) is 0 Å². The Morgan fingerprint density at radius 2 is 1.96 bits per heavy atom. The molecule has 2 aromatic carbocycles. The van der Waals surface area contributed by atoms with E-state index in [1.165, 1.54) is 0 Å². The van der Waals surface area contributed by atoms with Gasteiger partial charge >= 0.3 is 6.09 Å². The minimum atomic E-state index is -1.10. The molecule has 2 heterocycles. The highest BCUT2D eigenvalue weighted by Crippen LogP contribution is 2.27. The predicted molar refractivity (Wildman–Crippen MR) is 105 cm³/mol. The Morgan fingerprint density at radius 3 is 2.74 bits per heavy atom. The average molecular weight is 381 g/mol. The summed E-state index contributed by atoms with van der Waals surface area (Å²) < 4.78 is 0. The van der Waals surface area contributed by atoms with Crippen LogP contribution in [0, 0.1) is 0 Å². The normalized spacial score (nSPS) is 12.2. The number of carbonyl (C=O) groups is 1. The first-order chi connectivity index (χ1) is 13.1. The number of rotatable bonds is 5. The van der Waals surface area contributed by atoms with Crippen molar-refractivity contribution >= 4 is 28.6 Å². The van der Waals surface area contributed by atoms with Crippen molar-refractivity contribution in [1.29, 1.82) is 0 Å². The Kier molecular flexibility index (Phi) is 4.56. The van der Waals surface area contributed by atoms with Crippen LogP contribution >= 0.6 is 11.6 Å².